The summed E-state index contributed by atoms with van der Waals surface area (Å²) in [5.41, 5.74) is 2.12. The van der Waals surface area contributed by atoms with Crippen molar-refractivity contribution in [1.82, 2.24) is 10.2 Å². The number of nitrogens with zero attached hydrogens (tertiary/aromatic N) is 2. The van der Waals surface area contributed by atoms with E-state index in [2.05, 4.69) is 5.32 Å². The maximum atomic E-state index is 12.2. The van der Waals surface area contributed by atoms with E-state index < -0.39 is 5.91 Å². The zero-order valence-corrected chi connectivity index (χ0v) is 14.4. The number of rotatable bonds is 7. The lowest BCUT2D eigenvalue weighted by molar-refractivity contribution is -0.117. The second-order valence-electron chi connectivity index (χ2n) is 5.59. The van der Waals surface area contributed by atoms with Crippen LogP contribution in [0.15, 0.2) is 66.4 Å². The average molecular weight is 335 g/mol. The predicted molar refractivity (Wildman–Crippen MR) is 96.4 cm³/mol. The Morgan fingerprint density at radius 1 is 1.16 bits per heavy atom. The summed E-state index contributed by atoms with van der Waals surface area (Å²) in [6, 6.07) is 19.2. The molecule has 0 aliphatic rings. The van der Waals surface area contributed by atoms with Crippen LogP contribution in [0.3, 0.4) is 0 Å². The van der Waals surface area contributed by atoms with E-state index >= 15 is 0 Å². The third-order valence-corrected chi connectivity index (χ3v) is 3.60. The fraction of sp³-hybridized carbons (Fsp3) is 0.200. The molecule has 2 aromatic carbocycles. The summed E-state index contributed by atoms with van der Waals surface area (Å²) in [5, 5.41) is 12.0. The normalized spacial score (nSPS) is 10.7. The Bertz CT molecular complexity index is 762. The molecule has 0 aromatic heterocycles. The Kier molecular flexibility index (Phi) is 6.61. The fourth-order valence-electron chi connectivity index (χ4n) is 2.30. The summed E-state index contributed by atoms with van der Waals surface area (Å²) < 4.78 is 5.10. The van der Waals surface area contributed by atoms with Gasteiger partial charge in [0.05, 0.1) is 7.11 Å². The topological polar surface area (TPSA) is 65.4 Å². The fourth-order valence-corrected chi connectivity index (χ4v) is 2.30. The van der Waals surface area contributed by atoms with Gasteiger partial charge in [0.25, 0.3) is 5.91 Å². The SMILES string of the molecule is COc1ccc(CNC(=O)/C(C#N)=C\N(C)Cc2ccccc2)cc1. The van der Waals surface area contributed by atoms with Crippen LogP contribution >= 0.6 is 0 Å². The standard InChI is InChI=1S/C20H21N3O2/c1-23(14-17-6-4-3-5-7-17)15-18(12-21)20(24)22-13-16-8-10-19(25-2)11-9-16/h3-11,15H,13-14H2,1-2H3,(H,22,24)/b18-15-. The lowest BCUT2D eigenvalue weighted by atomic mass is 10.2. The molecule has 0 saturated carbocycles. The molecule has 0 saturated heterocycles. The van der Waals surface area contributed by atoms with Crippen LogP contribution in [-0.4, -0.2) is 25.0 Å². The number of nitriles is 1. The molecule has 0 aliphatic carbocycles. The molecular weight excluding hydrogens is 314 g/mol. The minimum Gasteiger partial charge on any atom is -0.497 e. The molecule has 128 valence electrons. The van der Waals surface area contributed by atoms with Gasteiger partial charge in [-0.3, -0.25) is 4.79 Å². The van der Waals surface area contributed by atoms with E-state index in [1.54, 1.807) is 13.3 Å². The number of methoxy groups -OCH3 is 1. The lowest BCUT2D eigenvalue weighted by Crippen LogP contribution is -2.25. The highest BCUT2D eigenvalue weighted by molar-refractivity contribution is 5.97. The van der Waals surface area contributed by atoms with Crippen molar-refractivity contribution in [3.8, 4) is 11.8 Å². The highest BCUT2D eigenvalue weighted by Gasteiger charge is 2.10. The van der Waals surface area contributed by atoms with E-state index in [9.17, 15) is 10.1 Å². The smallest absolute Gasteiger partial charge is 0.263 e. The molecule has 0 radical (unpaired) electrons. The first kappa shape index (κ1) is 18.1. The van der Waals surface area contributed by atoms with Crippen molar-refractivity contribution in [3.05, 3.63) is 77.5 Å². The van der Waals surface area contributed by atoms with Gasteiger partial charge in [-0.1, -0.05) is 42.5 Å². The van der Waals surface area contributed by atoms with Gasteiger partial charge in [0.15, 0.2) is 0 Å². The minimum absolute atomic E-state index is 0.0759. The first-order valence-corrected chi connectivity index (χ1v) is 7.89. The van der Waals surface area contributed by atoms with Crippen LogP contribution in [0.1, 0.15) is 11.1 Å². The Morgan fingerprint density at radius 3 is 2.44 bits per heavy atom. The van der Waals surface area contributed by atoms with Crippen LogP contribution in [0.2, 0.25) is 0 Å². The number of carbonyl (C=O) groups is 1. The highest BCUT2D eigenvalue weighted by atomic mass is 16.5. The van der Waals surface area contributed by atoms with Gasteiger partial charge in [0, 0.05) is 26.3 Å². The molecule has 0 heterocycles. The van der Waals surface area contributed by atoms with Crippen LogP contribution in [0.5, 0.6) is 5.75 Å². The summed E-state index contributed by atoms with van der Waals surface area (Å²) in [5.74, 6) is 0.369. The van der Waals surface area contributed by atoms with Gasteiger partial charge in [-0.2, -0.15) is 5.26 Å². The van der Waals surface area contributed by atoms with Crippen LogP contribution in [-0.2, 0) is 17.9 Å². The van der Waals surface area contributed by atoms with E-state index in [0.29, 0.717) is 13.1 Å². The quantitative estimate of drug-likeness (QED) is 0.624. The molecule has 0 unspecified atom stereocenters. The van der Waals surface area contributed by atoms with Gasteiger partial charge in [0.1, 0.15) is 17.4 Å². The molecule has 2 aromatic rings. The maximum absolute atomic E-state index is 12.2. The number of amides is 1. The molecule has 0 spiro atoms. The summed E-state index contributed by atoms with van der Waals surface area (Å²) >= 11 is 0. The first-order chi connectivity index (χ1) is 12.1. The van der Waals surface area contributed by atoms with Crippen LogP contribution in [0, 0.1) is 11.3 Å². The Balaban J connectivity index is 1.93. The number of hydrogen-bond acceptors (Lipinski definition) is 4. The van der Waals surface area contributed by atoms with E-state index in [0.717, 1.165) is 16.9 Å². The van der Waals surface area contributed by atoms with Crippen molar-refractivity contribution in [3.63, 3.8) is 0 Å². The average Bonchev–Trinajstić information content (AvgIpc) is 2.65. The monoisotopic (exact) mass is 335 g/mol. The first-order valence-electron chi connectivity index (χ1n) is 7.89. The number of ether oxygens (including phenoxy) is 1. The van der Waals surface area contributed by atoms with E-state index in [4.69, 9.17) is 4.74 Å². The molecule has 1 amide bonds. The minimum atomic E-state index is -0.391. The summed E-state index contributed by atoms with van der Waals surface area (Å²) in [6.07, 6.45) is 1.57. The zero-order valence-electron chi connectivity index (χ0n) is 14.4. The third kappa shape index (κ3) is 5.70. The molecule has 0 aliphatic heterocycles. The van der Waals surface area contributed by atoms with Gasteiger partial charge in [-0.05, 0) is 23.3 Å². The Labute approximate surface area is 148 Å². The predicted octanol–water partition coefficient (Wildman–Crippen LogP) is 2.85. The Hall–Kier alpha value is -3.26. The second kappa shape index (κ2) is 9.14. The van der Waals surface area contributed by atoms with Crippen molar-refractivity contribution in [2.45, 2.75) is 13.1 Å². The zero-order chi connectivity index (χ0) is 18.1. The highest BCUT2D eigenvalue weighted by Crippen LogP contribution is 2.11. The van der Waals surface area contributed by atoms with E-state index in [-0.39, 0.29) is 5.57 Å². The van der Waals surface area contributed by atoms with Crippen molar-refractivity contribution < 1.29 is 9.53 Å². The van der Waals surface area contributed by atoms with Crippen molar-refractivity contribution in [1.29, 1.82) is 5.26 Å². The van der Waals surface area contributed by atoms with Crippen molar-refractivity contribution in [2.75, 3.05) is 14.2 Å². The van der Waals surface area contributed by atoms with E-state index in [1.807, 2.05) is 72.6 Å². The van der Waals surface area contributed by atoms with Gasteiger partial charge < -0.3 is 15.0 Å². The van der Waals surface area contributed by atoms with Gasteiger partial charge >= 0.3 is 0 Å². The Morgan fingerprint density at radius 2 is 1.84 bits per heavy atom. The molecule has 0 atom stereocenters. The summed E-state index contributed by atoms with van der Waals surface area (Å²) in [6.45, 7) is 0.974. The molecule has 0 bridgehead atoms. The lowest BCUT2D eigenvalue weighted by Gasteiger charge is -2.15. The molecule has 25 heavy (non-hydrogen) atoms. The van der Waals surface area contributed by atoms with Gasteiger partial charge in [-0.25, -0.2) is 0 Å². The molecule has 2 rings (SSSR count). The molecule has 5 heteroatoms. The van der Waals surface area contributed by atoms with Crippen LogP contribution < -0.4 is 10.1 Å². The largest absolute Gasteiger partial charge is 0.497 e. The van der Waals surface area contributed by atoms with Crippen LogP contribution in [0.25, 0.3) is 0 Å². The molecule has 0 fully saturated rings. The molecule has 5 nitrogen and oxygen atoms in total. The van der Waals surface area contributed by atoms with Gasteiger partial charge in [-0.15, -0.1) is 0 Å². The molecule has 1 N–H and O–H groups in total. The van der Waals surface area contributed by atoms with Crippen molar-refractivity contribution in [2.24, 2.45) is 0 Å². The number of carbonyl (C=O) groups excluding carboxylic acids is 1. The summed E-state index contributed by atoms with van der Waals surface area (Å²) in [7, 11) is 3.44. The van der Waals surface area contributed by atoms with Crippen LogP contribution in [0.4, 0.5) is 0 Å². The molecular formula is C20H21N3O2. The van der Waals surface area contributed by atoms with Crippen molar-refractivity contribution >= 4 is 5.91 Å². The van der Waals surface area contributed by atoms with E-state index in [1.165, 1.54) is 0 Å². The second-order valence-corrected chi connectivity index (χ2v) is 5.59. The number of hydrogen-bond donors (Lipinski definition) is 1. The maximum Gasteiger partial charge on any atom is 0.263 e. The van der Waals surface area contributed by atoms with Gasteiger partial charge in [0.2, 0.25) is 0 Å². The number of benzene rings is 2. The number of nitrogens with one attached hydrogen (secondary N) is 1. The summed E-state index contributed by atoms with van der Waals surface area (Å²) in [4.78, 5) is 14.0. The third-order valence-electron chi connectivity index (χ3n) is 3.60.